The molecular formula is C21H23N5O. The quantitative estimate of drug-likeness (QED) is 0.730. The van der Waals surface area contributed by atoms with Crippen LogP contribution in [-0.2, 0) is 6.42 Å². The minimum absolute atomic E-state index is 0.133. The Morgan fingerprint density at radius 1 is 1.22 bits per heavy atom. The van der Waals surface area contributed by atoms with Crippen molar-refractivity contribution in [2.45, 2.75) is 25.8 Å². The molecule has 2 N–H and O–H groups in total. The van der Waals surface area contributed by atoms with E-state index in [1.54, 1.807) is 6.20 Å². The minimum atomic E-state index is -0.133. The molecule has 1 aliphatic heterocycles. The fraction of sp³-hybridized carbons (Fsp3) is 0.286. The molecular weight excluding hydrogens is 338 g/mol. The summed E-state index contributed by atoms with van der Waals surface area (Å²) in [5, 5.41) is 3.51. The van der Waals surface area contributed by atoms with Crippen molar-refractivity contribution >= 4 is 11.5 Å². The molecule has 0 radical (unpaired) electrons. The summed E-state index contributed by atoms with van der Waals surface area (Å²) in [7, 11) is 0. The number of hydrogen-bond donors (Lipinski definition) is 2. The van der Waals surface area contributed by atoms with E-state index in [0.29, 0.717) is 11.9 Å². The summed E-state index contributed by atoms with van der Waals surface area (Å²) >= 11 is 0. The first-order valence-corrected chi connectivity index (χ1v) is 9.34. The number of hydrogen-bond acceptors (Lipinski definition) is 5. The predicted octanol–water partition coefficient (Wildman–Crippen LogP) is 3.09. The summed E-state index contributed by atoms with van der Waals surface area (Å²) < 4.78 is 0. The van der Waals surface area contributed by atoms with Crippen LogP contribution in [0.1, 0.15) is 19.0 Å². The van der Waals surface area contributed by atoms with Gasteiger partial charge in [-0.05, 0) is 37.1 Å². The minimum Gasteiger partial charge on any atom is -0.369 e. The molecule has 6 heteroatoms. The van der Waals surface area contributed by atoms with Crippen LogP contribution >= 0.6 is 0 Å². The average molecular weight is 361 g/mol. The molecule has 6 nitrogen and oxygen atoms in total. The van der Waals surface area contributed by atoms with E-state index < -0.39 is 0 Å². The van der Waals surface area contributed by atoms with Crippen molar-refractivity contribution in [1.82, 2.24) is 15.0 Å². The van der Waals surface area contributed by atoms with Crippen LogP contribution in [0.25, 0.3) is 11.4 Å². The highest BCUT2D eigenvalue weighted by Crippen LogP contribution is 2.22. The number of benzene rings is 1. The van der Waals surface area contributed by atoms with Crippen LogP contribution in [0.2, 0.25) is 0 Å². The molecule has 2 aromatic heterocycles. The molecule has 1 unspecified atom stereocenters. The number of nitrogens with zero attached hydrogens (tertiary/aromatic N) is 3. The van der Waals surface area contributed by atoms with Crippen molar-refractivity contribution in [2.75, 3.05) is 23.3 Å². The van der Waals surface area contributed by atoms with E-state index in [-0.39, 0.29) is 5.56 Å². The molecule has 1 saturated heterocycles. The molecule has 1 fully saturated rings. The van der Waals surface area contributed by atoms with E-state index in [2.05, 4.69) is 49.4 Å². The lowest BCUT2D eigenvalue weighted by molar-refractivity contribution is 0.801. The van der Waals surface area contributed by atoms with Gasteiger partial charge in [-0.3, -0.25) is 4.79 Å². The number of H-pyrrole nitrogens is 1. The molecule has 0 spiro atoms. The Balaban J connectivity index is 1.43. The van der Waals surface area contributed by atoms with Gasteiger partial charge in [0.1, 0.15) is 11.6 Å². The molecule has 3 aromatic rings. The molecule has 138 valence electrons. The lowest BCUT2D eigenvalue weighted by atomic mass is 10.2. The standard InChI is InChI=1S/C21H23N5O/c1-2-16-12-20(27)25-21(24-16)15-8-9-19(22-13-15)23-17-10-11-26(14-17)18-6-4-3-5-7-18/h3-9,12-13,17H,2,10-11,14H2,1H3,(H,22,23)(H,24,25,27). The summed E-state index contributed by atoms with van der Waals surface area (Å²) in [6.45, 7) is 3.98. The number of rotatable bonds is 5. The molecule has 0 amide bonds. The number of aromatic amines is 1. The largest absolute Gasteiger partial charge is 0.369 e. The van der Waals surface area contributed by atoms with Gasteiger partial charge in [0.05, 0.1) is 0 Å². The Bertz CT molecular complexity index is 952. The summed E-state index contributed by atoms with van der Waals surface area (Å²) in [5.41, 5.74) is 2.72. The van der Waals surface area contributed by atoms with Gasteiger partial charge in [-0.2, -0.15) is 0 Å². The average Bonchev–Trinajstić information content (AvgIpc) is 3.17. The van der Waals surface area contributed by atoms with E-state index >= 15 is 0 Å². The summed E-state index contributed by atoms with van der Waals surface area (Å²) in [4.78, 5) is 25.9. The van der Waals surface area contributed by atoms with Gasteiger partial charge >= 0.3 is 0 Å². The van der Waals surface area contributed by atoms with E-state index in [4.69, 9.17) is 0 Å². The molecule has 0 bridgehead atoms. The van der Waals surface area contributed by atoms with Gasteiger partial charge in [0.15, 0.2) is 0 Å². The Morgan fingerprint density at radius 3 is 2.81 bits per heavy atom. The molecule has 0 saturated carbocycles. The van der Waals surface area contributed by atoms with Crippen LogP contribution in [-0.4, -0.2) is 34.1 Å². The van der Waals surface area contributed by atoms with Crippen molar-refractivity contribution < 1.29 is 0 Å². The van der Waals surface area contributed by atoms with Gasteiger partial charge < -0.3 is 15.2 Å². The highest BCUT2D eigenvalue weighted by molar-refractivity contribution is 5.56. The third-order valence-corrected chi connectivity index (χ3v) is 4.86. The first kappa shape index (κ1) is 17.3. The molecule has 0 aliphatic carbocycles. The van der Waals surface area contributed by atoms with Crippen LogP contribution < -0.4 is 15.8 Å². The summed E-state index contributed by atoms with van der Waals surface area (Å²) in [6.07, 6.45) is 3.55. The number of aryl methyl sites for hydroxylation is 1. The number of aromatic nitrogens is 3. The Morgan fingerprint density at radius 2 is 2.07 bits per heavy atom. The molecule has 1 aromatic carbocycles. The first-order valence-electron chi connectivity index (χ1n) is 9.34. The number of nitrogens with one attached hydrogen (secondary N) is 2. The second-order valence-electron chi connectivity index (χ2n) is 6.78. The molecule has 4 rings (SSSR count). The maximum atomic E-state index is 11.8. The van der Waals surface area contributed by atoms with Crippen LogP contribution in [0.15, 0.2) is 59.5 Å². The van der Waals surface area contributed by atoms with E-state index in [0.717, 1.165) is 43.0 Å². The van der Waals surface area contributed by atoms with E-state index in [1.807, 2.05) is 25.1 Å². The van der Waals surface area contributed by atoms with Gasteiger partial charge in [-0.25, -0.2) is 9.97 Å². The fourth-order valence-corrected chi connectivity index (χ4v) is 3.41. The third-order valence-electron chi connectivity index (χ3n) is 4.86. The third kappa shape index (κ3) is 4.00. The zero-order valence-corrected chi connectivity index (χ0v) is 15.4. The molecule has 3 heterocycles. The summed E-state index contributed by atoms with van der Waals surface area (Å²) in [6, 6.07) is 16.3. The zero-order valence-electron chi connectivity index (χ0n) is 15.4. The van der Waals surface area contributed by atoms with Crippen LogP contribution in [0.5, 0.6) is 0 Å². The monoisotopic (exact) mass is 361 g/mol. The molecule has 1 aliphatic rings. The van der Waals surface area contributed by atoms with Crippen LogP contribution in [0.3, 0.4) is 0 Å². The number of para-hydroxylation sites is 1. The van der Waals surface area contributed by atoms with Crippen molar-refractivity contribution in [3.8, 4) is 11.4 Å². The second kappa shape index (κ2) is 7.61. The molecule has 1 atom stereocenters. The van der Waals surface area contributed by atoms with E-state index in [9.17, 15) is 4.79 Å². The van der Waals surface area contributed by atoms with Crippen LogP contribution in [0.4, 0.5) is 11.5 Å². The van der Waals surface area contributed by atoms with Gasteiger partial charge in [-0.1, -0.05) is 25.1 Å². The maximum Gasteiger partial charge on any atom is 0.251 e. The molecule has 27 heavy (non-hydrogen) atoms. The Hall–Kier alpha value is -3.15. The van der Waals surface area contributed by atoms with Gasteiger partial charge in [-0.15, -0.1) is 0 Å². The maximum absolute atomic E-state index is 11.8. The summed E-state index contributed by atoms with van der Waals surface area (Å²) in [5.74, 6) is 1.40. The SMILES string of the molecule is CCc1cc(=O)[nH]c(-c2ccc(NC3CCN(c4ccccc4)C3)nc2)n1. The smallest absolute Gasteiger partial charge is 0.251 e. The predicted molar refractivity (Wildman–Crippen MR) is 108 cm³/mol. The lowest BCUT2D eigenvalue weighted by Gasteiger charge is -2.19. The lowest BCUT2D eigenvalue weighted by Crippen LogP contribution is -2.26. The van der Waals surface area contributed by atoms with Gasteiger partial charge in [0, 0.05) is 48.3 Å². The van der Waals surface area contributed by atoms with E-state index in [1.165, 1.54) is 11.8 Å². The van der Waals surface area contributed by atoms with Crippen molar-refractivity contribution in [3.05, 3.63) is 70.8 Å². The Kier molecular flexibility index (Phi) is 4.87. The highest BCUT2D eigenvalue weighted by Gasteiger charge is 2.22. The normalized spacial score (nSPS) is 16.5. The number of anilines is 2. The van der Waals surface area contributed by atoms with Gasteiger partial charge in [0.2, 0.25) is 0 Å². The first-order chi connectivity index (χ1) is 13.2. The van der Waals surface area contributed by atoms with Crippen LogP contribution in [0, 0.1) is 0 Å². The van der Waals surface area contributed by atoms with Crippen molar-refractivity contribution in [3.63, 3.8) is 0 Å². The zero-order chi connectivity index (χ0) is 18.6. The highest BCUT2D eigenvalue weighted by atomic mass is 16.1. The topological polar surface area (TPSA) is 73.9 Å². The Labute approximate surface area is 158 Å². The number of pyridine rings is 1. The fourth-order valence-electron chi connectivity index (χ4n) is 3.41. The van der Waals surface area contributed by atoms with Crippen molar-refractivity contribution in [2.24, 2.45) is 0 Å². The second-order valence-corrected chi connectivity index (χ2v) is 6.78. The van der Waals surface area contributed by atoms with Crippen molar-refractivity contribution in [1.29, 1.82) is 0 Å². The van der Waals surface area contributed by atoms with Gasteiger partial charge in [0.25, 0.3) is 5.56 Å².